The molecule has 0 radical (unpaired) electrons. The zero-order valence-electron chi connectivity index (χ0n) is 9.22. The van der Waals surface area contributed by atoms with Crippen LogP contribution in [-0.4, -0.2) is 7.11 Å². The number of methoxy groups -OCH3 is 1. The van der Waals surface area contributed by atoms with Gasteiger partial charge in [-0.2, -0.15) is 0 Å². The summed E-state index contributed by atoms with van der Waals surface area (Å²) in [6.45, 7) is 0. The van der Waals surface area contributed by atoms with Crippen LogP contribution in [0.5, 0.6) is 5.75 Å². The fraction of sp³-hybridized carbons (Fsp3) is 0.143. The molecular weight excluding hydrogens is 216 g/mol. The zero-order chi connectivity index (χ0) is 11.2. The van der Waals surface area contributed by atoms with E-state index < -0.39 is 0 Å². The van der Waals surface area contributed by atoms with Crippen LogP contribution < -0.4 is 4.74 Å². The van der Waals surface area contributed by atoms with Gasteiger partial charge in [0.05, 0.1) is 7.11 Å². The lowest BCUT2D eigenvalue weighted by molar-refractivity contribution is 0.405. The first-order valence-corrected chi connectivity index (χ1v) is 6.18. The molecule has 0 aliphatic carbocycles. The molecule has 0 saturated heterocycles. The van der Waals surface area contributed by atoms with Gasteiger partial charge in [-0.1, -0.05) is 42.5 Å². The monoisotopic (exact) mass is 230 g/mol. The number of thioether (sulfide) groups is 1. The minimum Gasteiger partial charge on any atom is -0.496 e. The van der Waals surface area contributed by atoms with Crippen molar-refractivity contribution >= 4 is 11.8 Å². The molecule has 0 aliphatic rings. The molecule has 2 aromatic carbocycles. The molecule has 0 saturated carbocycles. The molecule has 0 aromatic heterocycles. The van der Waals surface area contributed by atoms with E-state index in [9.17, 15) is 0 Å². The maximum absolute atomic E-state index is 5.31. The lowest BCUT2D eigenvalue weighted by Gasteiger charge is -2.07. The smallest absolute Gasteiger partial charge is 0.132 e. The number of benzene rings is 2. The standard InChI is InChI=1S/C14H14OS/c1-15-13-9-5-6-10-14(13)16-11-12-7-3-2-4-8-12/h2-10H,11H2,1H3. The van der Waals surface area contributed by atoms with Crippen molar-refractivity contribution in [3.63, 3.8) is 0 Å². The SMILES string of the molecule is COc1ccccc1SCc1ccccc1. The molecule has 2 heteroatoms. The number of hydrogen-bond donors (Lipinski definition) is 0. The molecule has 0 N–H and O–H groups in total. The predicted octanol–water partition coefficient (Wildman–Crippen LogP) is 3.99. The van der Waals surface area contributed by atoms with E-state index in [0.717, 1.165) is 11.5 Å². The summed E-state index contributed by atoms with van der Waals surface area (Å²) in [6, 6.07) is 18.6. The summed E-state index contributed by atoms with van der Waals surface area (Å²) < 4.78 is 5.31. The number of hydrogen-bond acceptors (Lipinski definition) is 2. The van der Waals surface area contributed by atoms with E-state index in [2.05, 4.69) is 30.3 Å². The van der Waals surface area contributed by atoms with E-state index in [1.54, 1.807) is 18.9 Å². The van der Waals surface area contributed by atoms with Crippen molar-refractivity contribution in [2.24, 2.45) is 0 Å². The summed E-state index contributed by atoms with van der Waals surface area (Å²) in [4.78, 5) is 1.19. The maximum Gasteiger partial charge on any atom is 0.132 e. The van der Waals surface area contributed by atoms with Gasteiger partial charge in [0.1, 0.15) is 5.75 Å². The van der Waals surface area contributed by atoms with Crippen LogP contribution in [0.25, 0.3) is 0 Å². The Morgan fingerprint density at radius 3 is 2.38 bits per heavy atom. The highest BCUT2D eigenvalue weighted by Crippen LogP contribution is 2.30. The third kappa shape index (κ3) is 2.80. The lowest BCUT2D eigenvalue weighted by Crippen LogP contribution is -1.86. The van der Waals surface area contributed by atoms with Gasteiger partial charge in [0, 0.05) is 10.6 Å². The van der Waals surface area contributed by atoms with E-state index >= 15 is 0 Å². The van der Waals surface area contributed by atoms with E-state index in [4.69, 9.17) is 4.74 Å². The Kier molecular flexibility index (Phi) is 3.89. The van der Waals surface area contributed by atoms with E-state index in [0.29, 0.717) is 0 Å². The summed E-state index contributed by atoms with van der Waals surface area (Å²) in [5.41, 5.74) is 1.33. The summed E-state index contributed by atoms with van der Waals surface area (Å²) in [5, 5.41) is 0. The summed E-state index contributed by atoms with van der Waals surface area (Å²) in [7, 11) is 1.71. The van der Waals surface area contributed by atoms with Gasteiger partial charge in [0.2, 0.25) is 0 Å². The van der Waals surface area contributed by atoms with Crippen LogP contribution in [0.15, 0.2) is 59.5 Å². The van der Waals surface area contributed by atoms with Gasteiger partial charge in [0.15, 0.2) is 0 Å². The van der Waals surface area contributed by atoms with Gasteiger partial charge in [-0.3, -0.25) is 0 Å². The van der Waals surface area contributed by atoms with Crippen LogP contribution in [0.3, 0.4) is 0 Å². The van der Waals surface area contributed by atoms with Crippen molar-refractivity contribution in [3.05, 3.63) is 60.2 Å². The van der Waals surface area contributed by atoms with E-state index in [-0.39, 0.29) is 0 Å². The van der Waals surface area contributed by atoms with Crippen molar-refractivity contribution < 1.29 is 4.74 Å². The van der Waals surface area contributed by atoms with Gasteiger partial charge >= 0.3 is 0 Å². The van der Waals surface area contributed by atoms with Crippen LogP contribution in [0.4, 0.5) is 0 Å². The number of rotatable bonds is 4. The molecule has 2 rings (SSSR count). The van der Waals surface area contributed by atoms with E-state index in [1.165, 1.54) is 10.5 Å². The second kappa shape index (κ2) is 5.61. The average Bonchev–Trinajstić information content (AvgIpc) is 2.38. The molecule has 0 bridgehead atoms. The van der Waals surface area contributed by atoms with Crippen molar-refractivity contribution in [1.82, 2.24) is 0 Å². The lowest BCUT2D eigenvalue weighted by atomic mass is 10.2. The van der Waals surface area contributed by atoms with Gasteiger partial charge in [-0.05, 0) is 17.7 Å². The van der Waals surface area contributed by atoms with Crippen molar-refractivity contribution in [2.75, 3.05) is 7.11 Å². The molecule has 0 unspecified atom stereocenters. The average molecular weight is 230 g/mol. The maximum atomic E-state index is 5.31. The van der Waals surface area contributed by atoms with Crippen molar-refractivity contribution in [1.29, 1.82) is 0 Å². The van der Waals surface area contributed by atoms with Crippen LogP contribution in [0.2, 0.25) is 0 Å². The molecule has 0 fully saturated rings. The first kappa shape index (κ1) is 11.1. The summed E-state index contributed by atoms with van der Waals surface area (Å²) in [6.07, 6.45) is 0. The van der Waals surface area contributed by atoms with Crippen LogP contribution in [0, 0.1) is 0 Å². The molecule has 0 heterocycles. The Morgan fingerprint density at radius 2 is 1.62 bits per heavy atom. The van der Waals surface area contributed by atoms with Gasteiger partial charge in [0.25, 0.3) is 0 Å². The first-order valence-electron chi connectivity index (χ1n) is 5.20. The molecule has 0 spiro atoms. The fourth-order valence-electron chi connectivity index (χ4n) is 1.47. The van der Waals surface area contributed by atoms with Crippen LogP contribution in [-0.2, 0) is 5.75 Å². The Labute approximate surface area is 100 Å². The minimum absolute atomic E-state index is 0.948. The molecule has 82 valence electrons. The molecule has 16 heavy (non-hydrogen) atoms. The highest BCUT2D eigenvalue weighted by atomic mass is 32.2. The Bertz CT molecular complexity index is 439. The molecule has 0 aliphatic heterocycles. The summed E-state index contributed by atoms with van der Waals surface area (Å²) >= 11 is 1.80. The second-order valence-corrected chi connectivity index (χ2v) is 4.44. The largest absolute Gasteiger partial charge is 0.496 e. The summed E-state index contributed by atoms with van der Waals surface area (Å²) in [5.74, 6) is 1.92. The minimum atomic E-state index is 0.948. The van der Waals surface area contributed by atoms with Gasteiger partial charge in [-0.15, -0.1) is 11.8 Å². The first-order chi connectivity index (χ1) is 7.90. The van der Waals surface area contributed by atoms with E-state index in [1.807, 2.05) is 24.3 Å². The fourth-order valence-corrected chi connectivity index (χ4v) is 2.46. The van der Waals surface area contributed by atoms with Gasteiger partial charge in [-0.25, -0.2) is 0 Å². The quantitative estimate of drug-likeness (QED) is 0.734. The molecule has 0 amide bonds. The van der Waals surface area contributed by atoms with Gasteiger partial charge < -0.3 is 4.74 Å². The highest BCUT2D eigenvalue weighted by Gasteiger charge is 2.02. The van der Waals surface area contributed by atoms with Crippen LogP contribution in [0.1, 0.15) is 5.56 Å². The second-order valence-electron chi connectivity index (χ2n) is 3.43. The highest BCUT2D eigenvalue weighted by molar-refractivity contribution is 7.98. The number of ether oxygens (including phenoxy) is 1. The topological polar surface area (TPSA) is 9.23 Å². The Balaban J connectivity index is 2.05. The van der Waals surface area contributed by atoms with Crippen molar-refractivity contribution in [2.45, 2.75) is 10.6 Å². The molecular formula is C14H14OS. The zero-order valence-corrected chi connectivity index (χ0v) is 10.0. The predicted molar refractivity (Wildman–Crippen MR) is 69.0 cm³/mol. The van der Waals surface area contributed by atoms with Crippen LogP contribution >= 0.6 is 11.8 Å². The Hall–Kier alpha value is -1.41. The molecule has 1 nitrogen and oxygen atoms in total. The number of para-hydroxylation sites is 1. The molecule has 2 aromatic rings. The third-order valence-corrected chi connectivity index (χ3v) is 3.43. The third-order valence-electron chi connectivity index (χ3n) is 2.31. The normalized spacial score (nSPS) is 10.1. The molecule has 0 atom stereocenters. The Morgan fingerprint density at radius 1 is 0.938 bits per heavy atom. The van der Waals surface area contributed by atoms with Crippen molar-refractivity contribution in [3.8, 4) is 5.75 Å².